The van der Waals surface area contributed by atoms with E-state index in [0.29, 0.717) is 0 Å². The summed E-state index contributed by atoms with van der Waals surface area (Å²) in [5, 5.41) is 7.22. The monoisotopic (exact) mass is 370 g/mol. The van der Waals surface area contributed by atoms with E-state index in [4.69, 9.17) is 33.7 Å². The second-order valence-corrected chi connectivity index (χ2v) is 5.01. The highest BCUT2D eigenvalue weighted by molar-refractivity contribution is 6.44. The number of ether oxygens (including phenoxy) is 1. The second-order valence-electron chi connectivity index (χ2n) is 4.25. The lowest BCUT2D eigenvalue weighted by Crippen LogP contribution is -2.25. The van der Waals surface area contributed by atoms with E-state index in [-0.39, 0.29) is 33.3 Å². The Kier molecular flexibility index (Phi) is 5.61. The Balaban J connectivity index is 2.22. The molecule has 0 atom stereocenters. The number of hydrogen-bond acceptors (Lipinski definition) is 5. The van der Waals surface area contributed by atoms with E-state index in [0.717, 1.165) is 0 Å². The number of rotatable bonds is 4. The van der Waals surface area contributed by atoms with E-state index in [1.807, 2.05) is 0 Å². The van der Waals surface area contributed by atoms with Gasteiger partial charge >= 0.3 is 12.1 Å². The number of carbonyl (C=O) groups is 2. The third-order valence-electron chi connectivity index (χ3n) is 2.60. The SMILES string of the molecule is CNC(=O)Nc1nccc(Oc2ccc(NC(N)=O)c(Cl)c2Cl)n1. The zero-order valence-corrected chi connectivity index (χ0v) is 13.8. The van der Waals surface area contributed by atoms with Crippen LogP contribution in [0, 0.1) is 0 Å². The van der Waals surface area contributed by atoms with E-state index in [1.165, 1.54) is 31.4 Å². The van der Waals surface area contributed by atoms with Gasteiger partial charge in [0.25, 0.3) is 0 Å². The molecule has 2 rings (SSSR count). The van der Waals surface area contributed by atoms with Gasteiger partial charge in [-0.2, -0.15) is 4.98 Å². The summed E-state index contributed by atoms with van der Waals surface area (Å²) in [4.78, 5) is 30.0. The maximum Gasteiger partial charge on any atom is 0.321 e. The van der Waals surface area contributed by atoms with Crippen LogP contribution in [0.2, 0.25) is 10.0 Å². The minimum absolute atomic E-state index is 0.0427. The van der Waals surface area contributed by atoms with E-state index in [9.17, 15) is 9.59 Å². The van der Waals surface area contributed by atoms with Gasteiger partial charge in [0, 0.05) is 19.3 Å². The van der Waals surface area contributed by atoms with Crippen LogP contribution in [-0.4, -0.2) is 29.1 Å². The van der Waals surface area contributed by atoms with Gasteiger partial charge in [-0.25, -0.2) is 14.6 Å². The fourth-order valence-corrected chi connectivity index (χ4v) is 1.98. The number of nitrogens with one attached hydrogen (secondary N) is 3. The number of halogens is 2. The second kappa shape index (κ2) is 7.66. The summed E-state index contributed by atoms with van der Waals surface area (Å²) in [5.41, 5.74) is 5.28. The minimum Gasteiger partial charge on any atom is -0.437 e. The van der Waals surface area contributed by atoms with Crippen molar-refractivity contribution < 1.29 is 14.3 Å². The summed E-state index contributed by atoms with van der Waals surface area (Å²) >= 11 is 12.2. The average Bonchev–Trinajstić information content (AvgIpc) is 2.54. The van der Waals surface area contributed by atoms with Crippen LogP contribution in [0.1, 0.15) is 0 Å². The maximum atomic E-state index is 11.2. The number of primary amides is 1. The van der Waals surface area contributed by atoms with Gasteiger partial charge in [0.1, 0.15) is 10.8 Å². The zero-order chi connectivity index (χ0) is 17.7. The van der Waals surface area contributed by atoms with Gasteiger partial charge in [-0.15, -0.1) is 0 Å². The highest BCUT2D eigenvalue weighted by Crippen LogP contribution is 2.39. The number of carbonyl (C=O) groups excluding carboxylic acids is 2. The molecule has 1 aromatic heterocycles. The highest BCUT2D eigenvalue weighted by Gasteiger charge is 2.14. The van der Waals surface area contributed by atoms with Gasteiger partial charge in [0.2, 0.25) is 11.8 Å². The molecule has 1 aromatic carbocycles. The fraction of sp³-hybridized carbons (Fsp3) is 0.0769. The topological polar surface area (TPSA) is 131 Å². The lowest BCUT2D eigenvalue weighted by molar-refractivity contribution is 0.253. The van der Waals surface area contributed by atoms with Crippen LogP contribution in [-0.2, 0) is 0 Å². The number of nitrogens with zero attached hydrogens (tertiary/aromatic N) is 2. The molecule has 0 radical (unpaired) electrons. The average molecular weight is 371 g/mol. The van der Waals surface area contributed by atoms with Crippen LogP contribution in [0.4, 0.5) is 21.2 Å². The van der Waals surface area contributed by atoms with Crippen LogP contribution in [0.5, 0.6) is 11.6 Å². The Morgan fingerprint density at radius 1 is 1.17 bits per heavy atom. The molecule has 4 amide bonds. The molecule has 0 unspecified atom stereocenters. The molecule has 1 heterocycles. The van der Waals surface area contributed by atoms with E-state index in [1.54, 1.807) is 0 Å². The maximum absolute atomic E-state index is 11.2. The first-order chi connectivity index (χ1) is 11.4. The van der Waals surface area contributed by atoms with Crippen molar-refractivity contribution >= 4 is 46.9 Å². The molecule has 0 aliphatic heterocycles. The minimum atomic E-state index is -0.776. The van der Waals surface area contributed by atoms with Gasteiger partial charge in [-0.3, -0.25) is 5.32 Å². The summed E-state index contributed by atoms with van der Waals surface area (Å²) in [7, 11) is 1.46. The zero-order valence-electron chi connectivity index (χ0n) is 12.3. The predicted molar refractivity (Wildman–Crippen MR) is 89.9 cm³/mol. The molecule has 0 spiro atoms. The van der Waals surface area contributed by atoms with E-state index >= 15 is 0 Å². The standard InChI is InChI=1S/C13H12Cl2N6O3/c1-17-13(23)21-12-18-5-4-8(20-12)24-7-3-2-6(19-11(16)22)9(14)10(7)15/h2-5H,1H3,(H3,16,19,22)(H2,17,18,20,21,23). The summed E-state index contributed by atoms with van der Waals surface area (Å²) in [6.45, 7) is 0. The van der Waals surface area contributed by atoms with Crippen LogP contribution >= 0.6 is 23.2 Å². The molecule has 0 fully saturated rings. The van der Waals surface area contributed by atoms with Crippen molar-refractivity contribution in [3.63, 3.8) is 0 Å². The Bertz CT molecular complexity index is 786. The Labute approximate surface area is 146 Å². The quantitative estimate of drug-likeness (QED) is 0.656. The number of amides is 4. The van der Waals surface area contributed by atoms with Crippen LogP contribution < -0.4 is 26.4 Å². The van der Waals surface area contributed by atoms with Crippen LogP contribution in [0.25, 0.3) is 0 Å². The smallest absolute Gasteiger partial charge is 0.321 e. The molecular formula is C13H12Cl2N6O3. The summed E-state index contributed by atoms with van der Waals surface area (Å²) in [6, 6.07) is 3.17. The van der Waals surface area contributed by atoms with Crippen molar-refractivity contribution in [1.82, 2.24) is 15.3 Å². The van der Waals surface area contributed by atoms with E-state index < -0.39 is 12.1 Å². The number of aromatic nitrogens is 2. The first kappa shape index (κ1) is 17.6. The lowest BCUT2D eigenvalue weighted by atomic mass is 10.3. The van der Waals surface area contributed by atoms with Gasteiger partial charge in [-0.05, 0) is 12.1 Å². The van der Waals surface area contributed by atoms with Crippen molar-refractivity contribution in [2.24, 2.45) is 5.73 Å². The molecule has 9 nitrogen and oxygen atoms in total. The molecule has 126 valence electrons. The number of anilines is 2. The molecule has 11 heteroatoms. The third kappa shape index (κ3) is 4.37. The number of hydrogen-bond donors (Lipinski definition) is 4. The van der Waals surface area contributed by atoms with Crippen molar-refractivity contribution in [3.8, 4) is 11.6 Å². The third-order valence-corrected chi connectivity index (χ3v) is 3.47. The summed E-state index contributed by atoms with van der Waals surface area (Å²) in [5.74, 6) is 0.368. The highest BCUT2D eigenvalue weighted by atomic mass is 35.5. The molecule has 2 aromatic rings. The fourth-order valence-electron chi connectivity index (χ4n) is 1.58. The molecule has 0 aliphatic rings. The van der Waals surface area contributed by atoms with Gasteiger partial charge in [0.05, 0.1) is 10.7 Å². The van der Waals surface area contributed by atoms with Crippen LogP contribution in [0.15, 0.2) is 24.4 Å². The van der Waals surface area contributed by atoms with Crippen molar-refractivity contribution in [2.75, 3.05) is 17.7 Å². The van der Waals surface area contributed by atoms with Gasteiger partial charge < -0.3 is 21.1 Å². The molecule has 0 bridgehead atoms. The Morgan fingerprint density at radius 2 is 1.92 bits per heavy atom. The first-order valence-electron chi connectivity index (χ1n) is 6.44. The van der Waals surface area contributed by atoms with Crippen molar-refractivity contribution in [2.45, 2.75) is 0 Å². The normalized spacial score (nSPS) is 9.96. The Morgan fingerprint density at radius 3 is 2.58 bits per heavy atom. The Hall–Kier alpha value is -2.78. The number of urea groups is 2. The molecule has 0 saturated carbocycles. The molecule has 5 N–H and O–H groups in total. The van der Waals surface area contributed by atoms with Crippen molar-refractivity contribution in [1.29, 1.82) is 0 Å². The van der Waals surface area contributed by atoms with Gasteiger partial charge in [0.15, 0.2) is 0 Å². The van der Waals surface area contributed by atoms with E-state index in [2.05, 4.69) is 25.9 Å². The summed E-state index contributed by atoms with van der Waals surface area (Å²) in [6.07, 6.45) is 1.39. The van der Waals surface area contributed by atoms with Gasteiger partial charge in [-0.1, -0.05) is 23.2 Å². The molecule has 0 aliphatic carbocycles. The first-order valence-corrected chi connectivity index (χ1v) is 7.20. The predicted octanol–water partition coefficient (Wildman–Crippen LogP) is 2.82. The van der Waals surface area contributed by atoms with Crippen molar-refractivity contribution in [3.05, 3.63) is 34.4 Å². The number of nitrogens with two attached hydrogens (primary N) is 1. The number of benzene rings is 1. The molecule has 24 heavy (non-hydrogen) atoms. The summed E-state index contributed by atoms with van der Waals surface area (Å²) < 4.78 is 5.52. The van der Waals surface area contributed by atoms with Crippen LogP contribution in [0.3, 0.4) is 0 Å². The largest absolute Gasteiger partial charge is 0.437 e. The molecule has 0 saturated heterocycles. The lowest BCUT2D eigenvalue weighted by Gasteiger charge is -2.11. The molecular weight excluding hydrogens is 359 g/mol.